The van der Waals surface area contributed by atoms with Crippen molar-refractivity contribution in [1.29, 1.82) is 0 Å². The minimum Gasteiger partial charge on any atom is -0.361 e. The average Bonchev–Trinajstić information content (AvgIpc) is 3.12. The van der Waals surface area contributed by atoms with Gasteiger partial charge in [0.2, 0.25) is 5.88 Å². The van der Waals surface area contributed by atoms with Crippen molar-refractivity contribution in [3.05, 3.63) is 51.2 Å². The smallest absolute Gasteiger partial charge is 0.313 e. The third kappa shape index (κ3) is 5.44. The number of rotatable bonds is 10. The molecule has 32 heavy (non-hydrogen) atoms. The highest BCUT2D eigenvalue weighted by molar-refractivity contribution is 7.87. The van der Waals surface area contributed by atoms with Crippen molar-refractivity contribution in [2.24, 2.45) is 0 Å². The number of aryl methyl sites for hydroxylation is 1. The molecule has 0 radical (unpaired) electrons. The van der Waals surface area contributed by atoms with E-state index in [1.807, 2.05) is 34.6 Å². The van der Waals surface area contributed by atoms with Crippen LogP contribution in [0.3, 0.4) is 0 Å². The number of carbonyl (C=O) groups is 1. The summed E-state index contributed by atoms with van der Waals surface area (Å²) in [5.41, 5.74) is 4.20. The number of unbranched alkanes of at least 4 members (excludes halogenated alkanes) is 1. The number of hydrogen-bond donors (Lipinski definition) is 0. The molecule has 6 nitrogen and oxygen atoms in total. The van der Waals surface area contributed by atoms with E-state index in [-0.39, 0.29) is 17.2 Å². The van der Waals surface area contributed by atoms with Crippen LogP contribution in [-0.2, 0) is 16.7 Å². The molecule has 1 heterocycles. The fourth-order valence-corrected chi connectivity index (χ4v) is 4.58. The maximum atomic E-state index is 13.6. The second-order valence-electron chi connectivity index (χ2n) is 8.28. The van der Waals surface area contributed by atoms with Gasteiger partial charge >= 0.3 is 10.1 Å². The van der Waals surface area contributed by atoms with Gasteiger partial charge in [-0.3, -0.25) is 4.79 Å². The van der Waals surface area contributed by atoms with Gasteiger partial charge in [-0.15, -0.1) is 0 Å². The molecule has 0 bridgehead atoms. The summed E-state index contributed by atoms with van der Waals surface area (Å²) >= 11 is 6.46. The highest BCUT2D eigenvalue weighted by Gasteiger charge is 2.29. The molecule has 1 unspecified atom stereocenters. The lowest BCUT2D eigenvalue weighted by Gasteiger charge is -2.16. The molecule has 0 aliphatic carbocycles. The van der Waals surface area contributed by atoms with Crippen molar-refractivity contribution >= 4 is 33.1 Å². The van der Waals surface area contributed by atoms with Crippen LogP contribution in [0.15, 0.2) is 23.9 Å². The first kappa shape index (κ1) is 26.1. The summed E-state index contributed by atoms with van der Waals surface area (Å²) in [4.78, 5) is 13.6. The van der Waals surface area contributed by atoms with Crippen LogP contribution in [0.2, 0.25) is 5.02 Å². The summed E-state index contributed by atoms with van der Waals surface area (Å²) in [6.45, 7) is 13.6. The molecule has 2 aromatic rings. The van der Waals surface area contributed by atoms with Crippen molar-refractivity contribution in [3.8, 4) is 5.88 Å². The maximum absolute atomic E-state index is 13.6. The van der Waals surface area contributed by atoms with E-state index in [4.69, 9.17) is 15.8 Å². The summed E-state index contributed by atoms with van der Waals surface area (Å²) < 4.78 is 32.4. The van der Waals surface area contributed by atoms with Gasteiger partial charge in [0.1, 0.15) is 5.56 Å². The molecule has 2 rings (SSSR count). The van der Waals surface area contributed by atoms with E-state index >= 15 is 0 Å². The molecule has 0 spiro atoms. The molecule has 1 aromatic heterocycles. The highest BCUT2D eigenvalue weighted by Crippen LogP contribution is 2.33. The monoisotopic (exact) mass is 480 g/mol. The van der Waals surface area contributed by atoms with Gasteiger partial charge in [0.05, 0.1) is 11.4 Å². The Labute approximate surface area is 196 Å². The molecule has 1 atom stereocenters. The van der Waals surface area contributed by atoms with Crippen LogP contribution in [0.1, 0.15) is 87.9 Å². The molecular formula is C24H33ClN2O4S. The van der Waals surface area contributed by atoms with Crippen molar-refractivity contribution in [2.45, 2.75) is 79.5 Å². The van der Waals surface area contributed by atoms with Crippen molar-refractivity contribution < 1.29 is 17.4 Å². The first-order valence-corrected chi connectivity index (χ1v) is 12.8. The number of allylic oxidation sites excluding steroid dienone is 2. The number of carbonyl (C=O) groups excluding carboxylic acids is 1. The number of hydrogen-bond acceptors (Lipinski definition) is 5. The number of ketones is 1. The second-order valence-corrected chi connectivity index (χ2v) is 10.6. The number of aromatic nitrogens is 2. The lowest BCUT2D eigenvalue weighted by Crippen LogP contribution is -2.24. The average molecular weight is 481 g/mol. The van der Waals surface area contributed by atoms with Gasteiger partial charge in [-0.25, -0.2) is 4.68 Å². The van der Waals surface area contributed by atoms with Crippen LogP contribution >= 0.6 is 11.6 Å². The Kier molecular flexibility index (Phi) is 8.71. The summed E-state index contributed by atoms with van der Waals surface area (Å²) in [5, 5.41) is 4.13. The predicted octanol–water partition coefficient (Wildman–Crippen LogP) is 6.20. The number of halogens is 1. The molecule has 0 N–H and O–H groups in total. The summed E-state index contributed by atoms with van der Waals surface area (Å²) in [5.74, 6) is -0.377. The zero-order chi connectivity index (χ0) is 24.2. The van der Waals surface area contributed by atoms with Gasteiger partial charge in [-0.2, -0.15) is 13.5 Å². The standard InChI is InChI=1S/C24H33ClN2O4S/c1-8-10-13-27-24(31-32(29,30)16(5)9-2)20(14-26-27)23(28)19-11-12-21(25)22(18(19)7)17(6)15(3)4/h11-12,14,16H,8-10,13H2,1-7H3. The van der Waals surface area contributed by atoms with Crippen LogP contribution in [-0.4, -0.2) is 29.2 Å². The Balaban J connectivity index is 2.64. The summed E-state index contributed by atoms with van der Waals surface area (Å²) in [6, 6.07) is 3.36. The van der Waals surface area contributed by atoms with Gasteiger partial charge in [-0.05, 0) is 76.3 Å². The predicted molar refractivity (Wildman–Crippen MR) is 130 cm³/mol. The minimum absolute atomic E-state index is 0.0291. The minimum atomic E-state index is -3.91. The van der Waals surface area contributed by atoms with Crippen LogP contribution < -0.4 is 4.18 Å². The second kappa shape index (κ2) is 10.7. The van der Waals surface area contributed by atoms with Crippen LogP contribution in [0.4, 0.5) is 0 Å². The van der Waals surface area contributed by atoms with E-state index in [2.05, 4.69) is 5.10 Å². The lowest BCUT2D eigenvalue weighted by atomic mass is 9.92. The normalized spacial score (nSPS) is 12.5. The van der Waals surface area contributed by atoms with Crippen LogP contribution in [0.25, 0.3) is 5.57 Å². The zero-order valence-electron chi connectivity index (χ0n) is 20.0. The Hall–Kier alpha value is -2.12. The van der Waals surface area contributed by atoms with Gasteiger partial charge in [0, 0.05) is 17.1 Å². The molecule has 0 saturated carbocycles. The Bertz CT molecular complexity index is 1130. The number of nitrogens with zero attached hydrogens (tertiary/aromatic N) is 2. The fraction of sp³-hybridized carbons (Fsp3) is 0.500. The van der Waals surface area contributed by atoms with E-state index in [1.165, 1.54) is 10.9 Å². The molecular weight excluding hydrogens is 448 g/mol. The Morgan fingerprint density at radius 2 is 1.84 bits per heavy atom. The van der Waals surface area contributed by atoms with E-state index < -0.39 is 15.4 Å². The molecule has 0 aliphatic rings. The zero-order valence-corrected chi connectivity index (χ0v) is 21.5. The largest absolute Gasteiger partial charge is 0.361 e. The molecule has 176 valence electrons. The van der Waals surface area contributed by atoms with Gasteiger partial charge in [-0.1, -0.05) is 37.4 Å². The van der Waals surface area contributed by atoms with E-state index in [0.29, 0.717) is 23.6 Å². The summed E-state index contributed by atoms with van der Waals surface area (Å²) in [7, 11) is -3.91. The highest BCUT2D eigenvalue weighted by atomic mass is 35.5. The van der Waals surface area contributed by atoms with E-state index in [1.54, 1.807) is 26.0 Å². The van der Waals surface area contributed by atoms with Crippen molar-refractivity contribution in [3.63, 3.8) is 0 Å². The van der Waals surface area contributed by atoms with Crippen LogP contribution in [0.5, 0.6) is 5.88 Å². The summed E-state index contributed by atoms with van der Waals surface area (Å²) in [6.07, 6.45) is 3.46. The van der Waals surface area contributed by atoms with Gasteiger partial charge in [0.25, 0.3) is 0 Å². The lowest BCUT2D eigenvalue weighted by molar-refractivity contribution is 0.103. The first-order chi connectivity index (χ1) is 15.0. The Morgan fingerprint density at radius 3 is 2.41 bits per heavy atom. The van der Waals surface area contributed by atoms with Crippen molar-refractivity contribution in [2.75, 3.05) is 0 Å². The van der Waals surface area contributed by atoms with E-state index in [0.717, 1.165) is 35.1 Å². The molecule has 0 saturated heterocycles. The SMILES string of the molecule is CCCCn1ncc(C(=O)c2ccc(Cl)c(C(C)=C(C)C)c2C)c1OS(=O)(=O)C(C)CC. The molecule has 0 amide bonds. The molecule has 0 aliphatic heterocycles. The third-order valence-electron chi connectivity index (χ3n) is 5.81. The van der Waals surface area contributed by atoms with Gasteiger partial charge in [0.15, 0.2) is 5.78 Å². The molecule has 0 fully saturated rings. The van der Waals surface area contributed by atoms with E-state index in [9.17, 15) is 13.2 Å². The first-order valence-electron chi connectivity index (χ1n) is 10.9. The van der Waals surface area contributed by atoms with Gasteiger partial charge < -0.3 is 4.18 Å². The molecule has 8 heteroatoms. The quantitative estimate of drug-likeness (QED) is 0.299. The third-order valence-corrected chi connectivity index (χ3v) is 7.83. The number of benzene rings is 1. The molecule has 1 aromatic carbocycles. The maximum Gasteiger partial charge on any atom is 0.313 e. The van der Waals surface area contributed by atoms with Crippen molar-refractivity contribution in [1.82, 2.24) is 9.78 Å². The topological polar surface area (TPSA) is 78.3 Å². The van der Waals surface area contributed by atoms with Crippen LogP contribution in [0, 0.1) is 6.92 Å². The Morgan fingerprint density at radius 1 is 1.19 bits per heavy atom. The fourth-order valence-electron chi connectivity index (χ4n) is 3.26.